The minimum absolute atomic E-state index is 0.0236. The topological polar surface area (TPSA) is 29.1 Å². The summed E-state index contributed by atoms with van der Waals surface area (Å²) in [6.45, 7) is 2.07. The van der Waals surface area contributed by atoms with Crippen LogP contribution in [0.4, 0.5) is 4.39 Å². The second-order valence-corrected chi connectivity index (χ2v) is 4.78. The normalized spacial score (nSPS) is 12.3. The fourth-order valence-corrected chi connectivity index (χ4v) is 1.41. The number of carbonyl (C=O) groups excluding carboxylic acids is 1. The van der Waals surface area contributed by atoms with E-state index in [1.54, 1.807) is 13.0 Å². The van der Waals surface area contributed by atoms with E-state index in [4.69, 9.17) is 11.6 Å². The Labute approximate surface area is 101 Å². The molecular formula is C10H10BrClFNO. The van der Waals surface area contributed by atoms with Crippen LogP contribution in [-0.4, -0.2) is 17.8 Å². The fourth-order valence-electron chi connectivity index (χ4n) is 1.00. The largest absolute Gasteiger partial charge is 0.350 e. The molecule has 1 aromatic rings. The van der Waals surface area contributed by atoms with Gasteiger partial charge in [0.25, 0.3) is 5.91 Å². The number of rotatable bonds is 3. The zero-order valence-corrected chi connectivity index (χ0v) is 10.4. The quantitative estimate of drug-likeness (QED) is 0.853. The van der Waals surface area contributed by atoms with E-state index in [9.17, 15) is 9.18 Å². The van der Waals surface area contributed by atoms with Crippen molar-refractivity contribution in [3.8, 4) is 0 Å². The molecule has 5 heteroatoms. The smallest absolute Gasteiger partial charge is 0.254 e. The molecule has 1 atom stereocenters. The first-order valence-electron chi connectivity index (χ1n) is 4.38. The molecule has 0 saturated carbocycles. The third kappa shape index (κ3) is 3.80. The van der Waals surface area contributed by atoms with Crippen LogP contribution < -0.4 is 5.32 Å². The molecule has 0 heterocycles. The average Bonchev–Trinajstić information content (AvgIpc) is 2.14. The molecular weight excluding hydrogens is 284 g/mol. The van der Waals surface area contributed by atoms with E-state index >= 15 is 0 Å². The van der Waals surface area contributed by atoms with Crippen molar-refractivity contribution in [3.05, 3.63) is 34.1 Å². The number of nitrogens with one attached hydrogen (secondary N) is 1. The summed E-state index contributed by atoms with van der Waals surface area (Å²) in [6.07, 6.45) is 0. The van der Waals surface area contributed by atoms with Gasteiger partial charge in [0.2, 0.25) is 0 Å². The van der Waals surface area contributed by atoms with Crippen molar-refractivity contribution in [2.24, 2.45) is 0 Å². The van der Waals surface area contributed by atoms with Crippen LogP contribution in [0.1, 0.15) is 17.3 Å². The van der Waals surface area contributed by atoms with Gasteiger partial charge in [0.1, 0.15) is 5.82 Å². The summed E-state index contributed by atoms with van der Waals surface area (Å²) in [7, 11) is 0. The number of benzene rings is 1. The Morgan fingerprint density at radius 3 is 2.87 bits per heavy atom. The highest BCUT2D eigenvalue weighted by Gasteiger charge is 2.11. The van der Waals surface area contributed by atoms with E-state index in [1.165, 1.54) is 12.1 Å². The van der Waals surface area contributed by atoms with Gasteiger partial charge in [-0.05, 0) is 25.1 Å². The van der Waals surface area contributed by atoms with Crippen molar-refractivity contribution in [3.63, 3.8) is 0 Å². The van der Waals surface area contributed by atoms with Crippen LogP contribution in [0, 0.1) is 5.82 Å². The Morgan fingerprint density at radius 2 is 2.33 bits per heavy atom. The Hall–Kier alpha value is -0.610. The highest BCUT2D eigenvalue weighted by Crippen LogP contribution is 2.15. The Morgan fingerprint density at radius 1 is 1.67 bits per heavy atom. The summed E-state index contributed by atoms with van der Waals surface area (Å²) in [4.78, 5) is 11.5. The molecule has 1 unspecified atom stereocenters. The molecule has 1 amide bonds. The van der Waals surface area contributed by atoms with Gasteiger partial charge in [-0.15, -0.1) is 11.6 Å². The summed E-state index contributed by atoms with van der Waals surface area (Å²) < 4.78 is 13.9. The summed E-state index contributed by atoms with van der Waals surface area (Å²) in [5, 5.41) is 2.36. The van der Waals surface area contributed by atoms with Crippen molar-refractivity contribution in [1.82, 2.24) is 5.32 Å². The predicted molar refractivity (Wildman–Crippen MR) is 61.7 cm³/mol. The van der Waals surface area contributed by atoms with E-state index in [2.05, 4.69) is 21.2 Å². The third-order valence-corrected chi connectivity index (χ3v) is 2.37. The van der Waals surface area contributed by atoms with Crippen LogP contribution in [0.15, 0.2) is 22.7 Å². The van der Waals surface area contributed by atoms with Crippen molar-refractivity contribution >= 4 is 33.4 Å². The van der Waals surface area contributed by atoms with Crippen LogP contribution in [-0.2, 0) is 0 Å². The number of hydrogen-bond donors (Lipinski definition) is 1. The fraction of sp³-hybridized carbons (Fsp3) is 0.300. The Kier molecular flexibility index (Phi) is 4.54. The van der Waals surface area contributed by atoms with Crippen molar-refractivity contribution in [2.45, 2.75) is 12.3 Å². The van der Waals surface area contributed by atoms with Gasteiger partial charge in [0.15, 0.2) is 0 Å². The van der Waals surface area contributed by atoms with Crippen LogP contribution in [0.3, 0.4) is 0 Å². The number of alkyl halides is 1. The lowest BCUT2D eigenvalue weighted by molar-refractivity contribution is 0.0950. The van der Waals surface area contributed by atoms with Gasteiger partial charge < -0.3 is 5.32 Å². The van der Waals surface area contributed by atoms with Gasteiger partial charge in [-0.25, -0.2) is 4.39 Å². The summed E-state index contributed by atoms with van der Waals surface area (Å²) in [6, 6.07) is 4.29. The Balaban J connectivity index is 2.74. The lowest BCUT2D eigenvalue weighted by Gasteiger charge is -2.07. The SMILES string of the molecule is CC(Cl)CNC(=O)c1ccc(Br)cc1F. The molecule has 0 bridgehead atoms. The molecule has 1 aromatic carbocycles. The van der Waals surface area contributed by atoms with E-state index in [0.717, 1.165) is 0 Å². The monoisotopic (exact) mass is 293 g/mol. The van der Waals surface area contributed by atoms with Crippen LogP contribution in [0.25, 0.3) is 0 Å². The first-order valence-corrected chi connectivity index (χ1v) is 5.61. The van der Waals surface area contributed by atoms with Gasteiger partial charge in [0, 0.05) is 16.4 Å². The predicted octanol–water partition coefficient (Wildman–Crippen LogP) is 2.95. The maximum absolute atomic E-state index is 13.3. The minimum atomic E-state index is -0.552. The van der Waals surface area contributed by atoms with E-state index in [-0.39, 0.29) is 10.9 Å². The van der Waals surface area contributed by atoms with Crippen molar-refractivity contribution in [1.29, 1.82) is 0 Å². The highest BCUT2D eigenvalue weighted by atomic mass is 79.9. The van der Waals surface area contributed by atoms with Gasteiger partial charge in [-0.3, -0.25) is 4.79 Å². The number of hydrogen-bond acceptors (Lipinski definition) is 1. The maximum Gasteiger partial charge on any atom is 0.254 e. The first kappa shape index (κ1) is 12.5. The molecule has 82 valence electrons. The zero-order chi connectivity index (χ0) is 11.4. The molecule has 0 spiro atoms. The lowest BCUT2D eigenvalue weighted by Crippen LogP contribution is -2.29. The van der Waals surface area contributed by atoms with Gasteiger partial charge in [-0.1, -0.05) is 15.9 Å². The van der Waals surface area contributed by atoms with Crippen molar-refractivity contribution in [2.75, 3.05) is 6.54 Å². The molecule has 0 fully saturated rings. The first-order chi connectivity index (χ1) is 7.00. The Bertz CT molecular complexity index is 370. The molecule has 0 aliphatic rings. The standard InChI is InChI=1S/C10H10BrClFNO/c1-6(12)5-14-10(15)8-3-2-7(11)4-9(8)13/h2-4,6H,5H2,1H3,(H,14,15). The van der Waals surface area contributed by atoms with Gasteiger partial charge in [0.05, 0.1) is 5.56 Å². The van der Waals surface area contributed by atoms with Crippen LogP contribution in [0.2, 0.25) is 0 Å². The summed E-state index contributed by atoms with van der Waals surface area (Å²) >= 11 is 8.77. The molecule has 0 radical (unpaired) electrons. The molecule has 0 aliphatic carbocycles. The van der Waals surface area contributed by atoms with Crippen molar-refractivity contribution < 1.29 is 9.18 Å². The molecule has 2 nitrogen and oxygen atoms in total. The van der Waals surface area contributed by atoms with Gasteiger partial charge in [-0.2, -0.15) is 0 Å². The zero-order valence-electron chi connectivity index (χ0n) is 8.06. The van der Waals surface area contributed by atoms with E-state index in [0.29, 0.717) is 11.0 Å². The molecule has 15 heavy (non-hydrogen) atoms. The number of carbonyl (C=O) groups is 1. The van der Waals surface area contributed by atoms with E-state index < -0.39 is 11.7 Å². The molecule has 1 N–H and O–H groups in total. The minimum Gasteiger partial charge on any atom is -0.350 e. The summed E-state index contributed by atoms with van der Waals surface area (Å²) in [5.74, 6) is -1.00. The molecule has 0 aromatic heterocycles. The van der Waals surface area contributed by atoms with Crippen LogP contribution in [0.5, 0.6) is 0 Å². The highest BCUT2D eigenvalue weighted by molar-refractivity contribution is 9.10. The van der Waals surface area contributed by atoms with Crippen LogP contribution >= 0.6 is 27.5 Å². The third-order valence-electron chi connectivity index (χ3n) is 1.72. The number of amides is 1. The van der Waals surface area contributed by atoms with E-state index in [1.807, 2.05) is 0 Å². The molecule has 1 rings (SSSR count). The second kappa shape index (κ2) is 5.47. The molecule has 0 aliphatic heterocycles. The van der Waals surface area contributed by atoms with Gasteiger partial charge >= 0.3 is 0 Å². The molecule has 0 saturated heterocycles. The maximum atomic E-state index is 13.3. The number of halogens is 3. The lowest BCUT2D eigenvalue weighted by atomic mass is 10.2. The second-order valence-electron chi connectivity index (χ2n) is 3.11. The average molecular weight is 295 g/mol. The summed E-state index contributed by atoms with van der Waals surface area (Å²) in [5.41, 5.74) is 0.0236.